The van der Waals surface area contributed by atoms with Crippen molar-refractivity contribution in [2.24, 2.45) is 5.41 Å². The Balaban J connectivity index is 1.34. The first kappa shape index (κ1) is 23.7. The lowest BCUT2D eigenvalue weighted by atomic mass is 9.79. The van der Waals surface area contributed by atoms with Gasteiger partial charge in [0.1, 0.15) is 17.7 Å². The van der Waals surface area contributed by atoms with E-state index in [4.69, 9.17) is 21.1 Å². The number of rotatable bonds is 4. The Labute approximate surface area is 229 Å². The van der Waals surface area contributed by atoms with Crippen LogP contribution in [0.25, 0.3) is 11.1 Å². The zero-order chi connectivity index (χ0) is 26.7. The summed E-state index contributed by atoms with van der Waals surface area (Å²) < 4.78 is 44.5. The SMILES string of the molecule is CNC(=O)c1cc2c(c(F)c1-c1c(Cl)c(F)cc3c1C[C@](c1ccccc1)([C@@H]1CC4(CC4)CN1)O3)OC1CC21. The summed E-state index contributed by atoms with van der Waals surface area (Å²) >= 11 is 6.66. The molecule has 3 aromatic rings. The van der Waals surface area contributed by atoms with Gasteiger partial charge in [0, 0.05) is 54.3 Å². The van der Waals surface area contributed by atoms with E-state index in [-0.39, 0.29) is 50.9 Å². The van der Waals surface area contributed by atoms with Crippen molar-refractivity contribution in [3.63, 3.8) is 0 Å². The normalized spacial score (nSPS) is 28.4. The van der Waals surface area contributed by atoms with Crippen LogP contribution in [0.5, 0.6) is 11.5 Å². The van der Waals surface area contributed by atoms with Crippen LogP contribution in [-0.2, 0) is 12.0 Å². The summed E-state index contributed by atoms with van der Waals surface area (Å²) in [6.45, 7) is 0.911. The van der Waals surface area contributed by atoms with Gasteiger partial charge in [-0.3, -0.25) is 4.79 Å². The largest absolute Gasteiger partial charge is 0.486 e. The fourth-order valence-electron chi connectivity index (χ4n) is 7.13. The molecule has 4 atom stereocenters. The van der Waals surface area contributed by atoms with Gasteiger partial charge in [0.05, 0.1) is 16.6 Å². The lowest BCUT2D eigenvalue weighted by Crippen LogP contribution is -2.48. The van der Waals surface area contributed by atoms with Crippen LogP contribution in [0, 0.1) is 17.0 Å². The van der Waals surface area contributed by atoms with Crippen molar-refractivity contribution >= 4 is 17.5 Å². The van der Waals surface area contributed by atoms with Crippen molar-refractivity contribution in [2.45, 2.75) is 55.8 Å². The minimum absolute atomic E-state index is 0.0248. The average Bonchev–Trinajstić information content (AvgIpc) is 3.75. The number of carbonyl (C=O) groups is 1. The minimum atomic E-state index is -0.833. The molecule has 3 heterocycles. The van der Waals surface area contributed by atoms with Crippen LogP contribution in [0.15, 0.2) is 42.5 Å². The Morgan fingerprint density at radius 2 is 1.95 bits per heavy atom. The highest BCUT2D eigenvalue weighted by Gasteiger charge is 2.58. The third-order valence-corrected chi connectivity index (χ3v) is 9.90. The van der Waals surface area contributed by atoms with Crippen LogP contribution in [0.1, 0.15) is 58.6 Å². The van der Waals surface area contributed by atoms with E-state index in [2.05, 4.69) is 10.6 Å². The number of halogens is 3. The van der Waals surface area contributed by atoms with E-state index in [0.717, 1.165) is 24.9 Å². The van der Waals surface area contributed by atoms with Gasteiger partial charge in [0.15, 0.2) is 17.2 Å². The zero-order valence-electron chi connectivity index (χ0n) is 21.4. The molecule has 0 radical (unpaired) electrons. The summed E-state index contributed by atoms with van der Waals surface area (Å²) in [5.74, 6) is -1.33. The quantitative estimate of drug-likeness (QED) is 0.428. The maximum absolute atomic E-state index is 16.4. The van der Waals surface area contributed by atoms with E-state index >= 15 is 8.78 Å². The highest BCUT2D eigenvalue weighted by atomic mass is 35.5. The molecule has 8 rings (SSSR count). The molecule has 3 aliphatic heterocycles. The van der Waals surface area contributed by atoms with Gasteiger partial charge >= 0.3 is 0 Å². The molecule has 0 bridgehead atoms. The maximum atomic E-state index is 16.4. The second-order valence-electron chi connectivity index (χ2n) is 11.8. The Hall–Kier alpha value is -3.16. The van der Waals surface area contributed by atoms with Gasteiger partial charge < -0.3 is 20.1 Å². The molecule has 2 aliphatic carbocycles. The van der Waals surface area contributed by atoms with Crippen molar-refractivity contribution < 1.29 is 23.0 Å². The highest BCUT2D eigenvalue weighted by Crippen LogP contribution is 2.60. The third-order valence-electron chi connectivity index (χ3n) is 9.53. The number of ether oxygens (including phenoxy) is 2. The first-order valence-corrected chi connectivity index (χ1v) is 14.0. The summed E-state index contributed by atoms with van der Waals surface area (Å²) in [6.07, 6.45) is 4.38. The predicted octanol–water partition coefficient (Wildman–Crippen LogP) is 5.87. The van der Waals surface area contributed by atoms with E-state index in [1.54, 1.807) is 6.07 Å². The molecule has 1 amide bonds. The Kier molecular flexibility index (Phi) is 4.83. The van der Waals surface area contributed by atoms with Gasteiger partial charge in [-0.15, -0.1) is 0 Å². The zero-order valence-corrected chi connectivity index (χ0v) is 22.1. The second kappa shape index (κ2) is 7.95. The van der Waals surface area contributed by atoms with Crippen LogP contribution in [-0.4, -0.2) is 31.6 Å². The topological polar surface area (TPSA) is 59.6 Å². The van der Waals surface area contributed by atoms with Crippen molar-refractivity contribution in [3.8, 4) is 22.6 Å². The van der Waals surface area contributed by atoms with E-state index in [9.17, 15) is 4.79 Å². The first-order valence-electron chi connectivity index (χ1n) is 13.6. The Morgan fingerprint density at radius 3 is 2.67 bits per heavy atom. The molecule has 200 valence electrons. The summed E-state index contributed by atoms with van der Waals surface area (Å²) in [5.41, 5.74) is 1.93. The van der Waals surface area contributed by atoms with E-state index in [0.29, 0.717) is 23.3 Å². The molecule has 2 saturated carbocycles. The molecule has 2 N–H and O–H groups in total. The van der Waals surface area contributed by atoms with Crippen LogP contribution >= 0.6 is 11.6 Å². The standard InChI is InChI=1S/C31H27ClF2N2O3/c1-35-29(37)18-9-17-16-10-21(16)38-28(17)27(34)25(18)24-19-12-31(15-5-3-2-4-6-15,23-13-30(7-8-30)14-36-23)39-22(19)11-20(33)26(24)32/h2-6,9,11,16,21,23,36H,7-8,10,12-14H2,1H3,(H,35,37)/t16?,21?,23-,31-/m0/s1. The summed E-state index contributed by atoms with van der Waals surface area (Å²) in [5, 5.41) is 6.09. The third kappa shape index (κ3) is 3.29. The fourth-order valence-corrected chi connectivity index (χ4v) is 7.39. The number of amides is 1. The number of fused-ring (bicyclic) bond motifs is 4. The smallest absolute Gasteiger partial charge is 0.251 e. The summed E-state index contributed by atoms with van der Waals surface area (Å²) in [7, 11) is 1.49. The van der Waals surface area contributed by atoms with Gasteiger partial charge in [-0.2, -0.15) is 0 Å². The molecule has 5 nitrogen and oxygen atoms in total. The predicted molar refractivity (Wildman–Crippen MR) is 142 cm³/mol. The molecule has 0 aromatic heterocycles. The summed E-state index contributed by atoms with van der Waals surface area (Å²) in [6, 6.07) is 12.9. The molecule has 1 saturated heterocycles. The van der Waals surface area contributed by atoms with E-state index in [1.165, 1.54) is 26.0 Å². The van der Waals surface area contributed by atoms with Crippen molar-refractivity contribution in [3.05, 3.63) is 81.4 Å². The van der Waals surface area contributed by atoms with E-state index in [1.807, 2.05) is 30.3 Å². The van der Waals surface area contributed by atoms with Gasteiger partial charge in [-0.25, -0.2) is 8.78 Å². The minimum Gasteiger partial charge on any atom is -0.486 e. The average molecular weight is 549 g/mol. The molecule has 5 aliphatic rings. The van der Waals surface area contributed by atoms with Crippen LogP contribution in [0.4, 0.5) is 8.78 Å². The van der Waals surface area contributed by atoms with Gasteiger partial charge in [0.25, 0.3) is 5.91 Å². The van der Waals surface area contributed by atoms with Gasteiger partial charge in [0.2, 0.25) is 0 Å². The molecular weight excluding hydrogens is 522 g/mol. The van der Waals surface area contributed by atoms with Crippen LogP contribution in [0.2, 0.25) is 5.02 Å². The van der Waals surface area contributed by atoms with Gasteiger partial charge in [-0.05, 0) is 42.7 Å². The lowest BCUT2D eigenvalue weighted by Gasteiger charge is -2.35. The van der Waals surface area contributed by atoms with Crippen molar-refractivity contribution in [1.82, 2.24) is 10.6 Å². The van der Waals surface area contributed by atoms with E-state index < -0.39 is 23.1 Å². The number of hydrogen-bond acceptors (Lipinski definition) is 4. The highest BCUT2D eigenvalue weighted by molar-refractivity contribution is 6.34. The number of carbonyl (C=O) groups excluding carboxylic acids is 1. The molecular formula is C31H27ClF2N2O3. The molecule has 3 fully saturated rings. The Morgan fingerprint density at radius 1 is 1.15 bits per heavy atom. The molecule has 2 unspecified atom stereocenters. The molecule has 1 spiro atoms. The Bertz CT molecular complexity index is 1570. The van der Waals surface area contributed by atoms with Crippen LogP contribution < -0.4 is 20.1 Å². The monoisotopic (exact) mass is 548 g/mol. The lowest BCUT2D eigenvalue weighted by molar-refractivity contribution is 0.0521. The van der Waals surface area contributed by atoms with Crippen LogP contribution in [0.3, 0.4) is 0 Å². The van der Waals surface area contributed by atoms with Crippen molar-refractivity contribution in [1.29, 1.82) is 0 Å². The first-order chi connectivity index (χ1) is 18.8. The molecule has 39 heavy (non-hydrogen) atoms. The second-order valence-corrected chi connectivity index (χ2v) is 12.2. The molecule has 3 aromatic carbocycles. The summed E-state index contributed by atoms with van der Waals surface area (Å²) in [4.78, 5) is 13.1. The fraction of sp³-hybridized carbons (Fsp3) is 0.387. The van der Waals surface area contributed by atoms with Crippen molar-refractivity contribution in [2.75, 3.05) is 13.6 Å². The number of benzene rings is 3. The van der Waals surface area contributed by atoms with Gasteiger partial charge in [-0.1, -0.05) is 41.9 Å². The molecule has 8 heteroatoms. The number of hydrogen-bond donors (Lipinski definition) is 2. The number of nitrogens with one attached hydrogen (secondary N) is 2. The maximum Gasteiger partial charge on any atom is 0.251 e.